The van der Waals surface area contributed by atoms with Crippen molar-refractivity contribution in [2.75, 3.05) is 13.1 Å². The summed E-state index contributed by atoms with van der Waals surface area (Å²) in [6, 6.07) is 8.24. The maximum absolute atomic E-state index is 4.73. The van der Waals surface area contributed by atoms with Crippen LogP contribution < -0.4 is 5.32 Å². The van der Waals surface area contributed by atoms with Gasteiger partial charge in [-0.15, -0.1) is 10.2 Å². The van der Waals surface area contributed by atoms with E-state index in [1.165, 1.54) is 18.4 Å². The van der Waals surface area contributed by atoms with Gasteiger partial charge in [-0.2, -0.15) is 0 Å². The normalized spacial score (nSPS) is 18.3. The molecule has 6 nitrogen and oxygen atoms in total. The molecule has 3 heterocycles. The maximum atomic E-state index is 4.73. The van der Waals surface area contributed by atoms with E-state index in [0.717, 1.165) is 41.2 Å². The number of thioether (sulfide) groups is 1. The van der Waals surface area contributed by atoms with E-state index in [9.17, 15) is 0 Å². The minimum Gasteiger partial charge on any atom is -0.330 e. The molecular formula is C17H22N6S. The van der Waals surface area contributed by atoms with E-state index in [0.29, 0.717) is 5.92 Å². The highest BCUT2D eigenvalue weighted by Crippen LogP contribution is 2.27. The Labute approximate surface area is 145 Å². The van der Waals surface area contributed by atoms with E-state index in [-0.39, 0.29) is 0 Å². The lowest BCUT2D eigenvalue weighted by molar-refractivity contribution is 0.436. The second kappa shape index (κ2) is 6.57. The molecule has 4 rings (SSSR count). The average Bonchev–Trinajstić information content (AvgIpc) is 3.14. The van der Waals surface area contributed by atoms with Gasteiger partial charge in [0.1, 0.15) is 11.6 Å². The first kappa shape index (κ1) is 15.7. The van der Waals surface area contributed by atoms with Gasteiger partial charge < -0.3 is 14.5 Å². The fourth-order valence-corrected chi connectivity index (χ4v) is 4.24. The van der Waals surface area contributed by atoms with Gasteiger partial charge in [0.25, 0.3) is 0 Å². The summed E-state index contributed by atoms with van der Waals surface area (Å²) in [7, 11) is 4.14. The predicted octanol–water partition coefficient (Wildman–Crippen LogP) is 2.46. The Morgan fingerprint density at radius 1 is 1.21 bits per heavy atom. The van der Waals surface area contributed by atoms with E-state index in [2.05, 4.69) is 50.9 Å². The van der Waals surface area contributed by atoms with Gasteiger partial charge in [-0.05, 0) is 31.5 Å². The van der Waals surface area contributed by atoms with Gasteiger partial charge in [0.15, 0.2) is 5.16 Å². The molecule has 1 aliphatic rings. The molecule has 1 aromatic carbocycles. The van der Waals surface area contributed by atoms with E-state index in [4.69, 9.17) is 4.98 Å². The van der Waals surface area contributed by atoms with Gasteiger partial charge in [-0.25, -0.2) is 4.98 Å². The number of para-hydroxylation sites is 2. The van der Waals surface area contributed by atoms with Gasteiger partial charge in [0, 0.05) is 26.6 Å². The number of piperidine rings is 1. The Bertz CT molecular complexity index is 846. The molecule has 126 valence electrons. The van der Waals surface area contributed by atoms with Crippen LogP contribution in [0.2, 0.25) is 0 Å². The molecule has 3 aromatic rings. The Balaban J connectivity index is 1.51. The third-order valence-corrected chi connectivity index (χ3v) is 5.76. The first-order chi connectivity index (χ1) is 11.7. The molecule has 1 atom stereocenters. The Hall–Kier alpha value is -1.86. The summed E-state index contributed by atoms with van der Waals surface area (Å²) >= 11 is 1.70. The average molecular weight is 342 g/mol. The van der Waals surface area contributed by atoms with Crippen molar-refractivity contribution in [3.8, 4) is 0 Å². The molecule has 2 aromatic heterocycles. The number of aromatic nitrogens is 5. The molecule has 24 heavy (non-hydrogen) atoms. The number of rotatable bonds is 4. The largest absolute Gasteiger partial charge is 0.330 e. The fraction of sp³-hybridized carbons (Fsp3) is 0.471. The van der Waals surface area contributed by atoms with Crippen LogP contribution in [-0.2, 0) is 19.8 Å². The molecule has 1 saturated heterocycles. The van der Waals surface area contributed by atoms with Crippen LogP contribution in [0, 0.1) is 0 Å². The predicted molar refractivity (Wildman–Crippen MR) is 96.1 cm³/mol. The number of hydrogen-bond donors (Lipinski definition) is 1. The number of imidazole rings is 1. The second-order valence-corrected chi connectivity index (χ2v) is 7.25. The molecule has 7 heteroatoms. The Kier molecular flexibility index (Phi) is 4.28. The van der Waals surface area contributed by atoms with E-state index >= 15 is 0 Å². The van der Waals surface area contributed by atoms with Crippen LogP contribution in [0.1, 0.15) is 30.4 Å². The topological polar surface area (TPSA) is 60.6 Å². The number of benzene rings is 1. The molecule has 1 aliphatic heterocycles. The smallest absolute Gasteiger partial charge is 0.191 e. The summed E-state index contributed by atoms with van der Waals surface area (Å²) in [5.74, 6) is 3.42. The second-order valence-electron chi connectivity index (χ2n) is 6.31. The summed E-state index contributed by atoms with van der Waals surface area (Å²) in [4.78, 5) is 4.73. The van der Waals surface area contributed by atoms with Crippen molar-refractivity contribution in [3.63, 3.8) is 0 Å². The van der Waals surface area contributed by atoms with Gasteiger partial charge in [-0.3, -0.25) is 0 Å². The Morgan fingerprint density at radius 3 is 2.88 bits per heavy atom. The van der Waals surface area contributed by atoms with Crippen molar-refractivity contribution in [3.05, 3.63) is 35.9 Å². The van der Waals surface area contributed by atoms with Crippen molar-refractivity contribution in [2.24, 2.45) is 14.1 Å². The first-order valence-electron chi connectivity index (χ1n) is 8.37. The summed E-state index contributed by atoms with van der Waals surface area (Å²) < 4.78 is 4.30. The minimum atomic E-state index is 0.473. The number of nitrogens with one attached hydrogen (secondary N) is 1. The lowest BCUT2D eigenvalue weighted by Crippen LogP contribution is -2.29. The zero-order valence-electron chi connectivity index (χ0n) is 14.1. The monoisotopic (exact) mass is 342 g/mol. The zero-order valence-corrected chi connectivity index (χ0v) is 14.9. The molecule has 0 unspecified atom stereocenters. The van der Waals surface area contributed by atoms with Crippen LogP contribution in [0.4, 0.5) is 0 Å². The highest BCUT2D eigenvalue weighted by Gasteiger charge is 2.22. The lowest BCUT2D eigenvalue weighted by Gasteiger charge is -2.21. The van der Waals surface area contributed by atoms with Gasteiger partial charge in [-0.1, -0.05) is 23.9 Å². The number of hydrogen-bond acceptors (Lipinski definition) is 5. The quantitative estimate of drug-likeness (QED) is 0.738. The Morgan fingerprint density at radius 2 is 2.08 bits per heavy atom. The van der Waals surface area contributed by atoms with Gasteiger partial charge in [0.2, 0.25) is 0 Å². The fourth-order valence-electron chi connectivity index (χ4n) is 3.33. The van der Waals surface area contributed by atoms with Crippen LogP contribution >= 0.6 is 11.8 Å². The standard InChI is InChI=1S/C17H22N6S/c1-22-14-8-4-3-7-13(14)19-15(22)11-24-17-21-20-16(23(17)2)12-6-5-9-18-10-12/h3-4,7-8,12,18H,5-6,9-11H2,1-2H3/t12-/m1/s1. The summed E-state index contributed by atoms with van der Waals surface area (Å²) in [6.45, 7) is 2.12. The van der Waals surface area contributed by atoms with Crippen LogP contribution in [0.3, 0.4) is 0 Å². The highest BCUT2D eigenvalue weighted by molar-refractivity contribution is 7.98. The molecular weight excluding hydrogens is 320 g/mol. The first-order valence-corrected chi connectivity index (χ1v) is 9.35. The van der Waals surface area contributed by atoms with Crippen LogP contribution in [0.25, 0.3) is 11.0 Å². The van der Waals surface area contributed by atoms with Crippen molar-refractivity contribution < 1.29 is 0 Å². The summed E-state index contributed by atoms with van der Waals surface area (Å²) in [5, 5.41) is 13.3. The van der Waals surface area contributed by atoms with Gasteiger partial charge in [0.05, 0.1) is 16.8 Å². The SMILES string of the molecule is Cn1c(SCc2nc3ccccc3n2C)nnc1[C@@H]1CCCNC1. The summed E-state index contributed by atoms with van der Waals surface area (Å²) in [6.07, 6.45) is 2.40. The summed E-state index contributed by atoms with van der Waals surface area (Å²) in [5.41, 5.74) is 2.21. The van der Waals surface area contributed by atoms with Crippen molar-refractivity contribution in [2.45, 2.75) is 29.7 Å². The van der Waals surface area contributed by atoms with Crippen LogP contribution in [0.15, 0.2) is 29.4 Å². The van der Waals surface area contributed by atoms with Crippen molar-refractivity contribution >= 4 is 22.8 Å². The van der Waals surface area contributed by atoms with Crippen molar-refractivity contribution in [1.82, 2.24) is 29.6 Å². The molecule has 0 spiro atoms. The molecule has 0 amide bonds. The molecule has 0 saturated carbocycles. The highest BCUT2D eigenvalue weighted by atomic mass is 32.2. The van der Waals surface area contributed by atoms with Crippen molar-refractivity contribution in [1.29, 1.82) is 0 Å². The maximum Gasteiger partial charge on any atom is 0.191 e. The zero-order chi connectivity index (χ0) is 16.5. The molecule has 0 radical (unpaired) electrons. The molecule has 0 bridgehead atoms. The lowest BCUT2D eigenvalue weighted by atomic mass is 9.99. The van der Waals surface area contributed by atoms with Crippen LogP contribution in [-0.4, -0.2) is 37.4 Å². The van der Waals surface area contributed by atoms with E-state index in [1.54, 1.807) is 11.8 Å². The molecule has 1 fully saturated rings. The molecule has 0 aliphatic carbocycles. The molecule has 1 N–H and O–H groups in total. The van der Waals surface area contributed by atoms with E-state index in [1.807, 2.05) is 12.1 Å². The number of aryl methyl sites for hydroxylation is 1. The third kappa shape index (κ3) is 2.82. The third-order valence-electron chi connectivity index (χ3n) is 4.74. The van der Waals surface area contributed by atoms with E-state index < -0.39 is 0 Å². The minimum absolute atomic E-state index is 0.473. The van der Waals surface area contributed by atoms with Gasteiger partial charge >= 0.3 is 0 Å². The number of fused-ring (bicyclic) bond motifs is 1. The number of nitrogens with zero attached hydrogens (tertiary/aromatic N) is 5. The van der Waals surface area contributed by atoms with Crippen LogP contribution in [0.5, 0.6) is 0 Å².